The van der Waals surface area contributed by atoms with E-state index < -0.39 is 6.03 Å². The standard InChI is InChI=1S/C19H18N4O4/c1-10-2-4-12(15-16(10)26-9-19(15)6-7-19)27-13-5-3-11(17(20)22-13)23-14(24)8-21-18(23)25/h2-5H,6-9H2,1H3,(H2,20,22)(H,21,25). The molecule has 3 N–H and O–H groups in total. The molecule has 2 aromatic rings. The molecule has 3 amide bonds. The molecular formula is C19H18N4O4. The summed E-state index contributed by atoms with van der Waals surface area (Å²) in [4.78, 5) is 28.9. The van der Waals surface area contributed by atoms with E-state index in [0.717, 1.165) is 34.6 Å². The third-order valence-electron chi connectivity index (χ3n) is 5.37. The number of aromatic nitrogens is 1. The maximum Gasteiger partial charge on any atom is 0.329 e. The SMILES string of the molecule is Cc1ccc(Oc2ccc(N3C(=O)CNC3=O)c(N)n2)c2c1OCC21CC1. The second-order valence-corrected chi connectivity index (χ2v) is 7.20. The zero-order valence-electron chi connectivity index (χ0n) is 14.7. The van der Waals surface area contributed by atoms with Gasteiger partial charge in [-0.1, -0.05) is 6.07 Å². The molecule has 0 atom stereocenters. The maximum absolute atomic E-state index is 11.9. The number of fused-ring (bicyclic) bond motifs is 2. The van der Waals surface area contributed by atoms with Gasteiger partial charge in [0.25, 0.3) is 5.91 Å². The predicted molar refractivity (Wildman–Crippen MR) is 97.2 cm³/mol. The van der Waals surface area contributed by atoms with Crippen molar-refractivity contribution in [2.24, 2.45) is 0 Å². The van der Waals surface area contributed by atoms with Crippen LogP contribution in [0.15, 0.2) is 24.3 Å². The van der Waals surface area contributed by atoms with Crippen molar-refractivity contribution in [3.05, 3.63) is 35.4 Å². The van der Waals surface area contributed by atoms with Crippen LogP contribution >= 0.6 is 0 Å². The quantitative estimate of drug-likeness (QED) is 0.807. The molecule has 2 fully saturated rings. The first kappa shape index (κ1) is 15.9. The zero-order valence-corrected chi connectivity index (χ0v) is 14.7. The predicted octanol–water partition coefficient (Wildman–Crippen LogP) is 2.24. The Morgan fingerprint density at radius 3 is 2.74 bits per heavy atom. The number of nitrogens with one attached hydrogen (secondary N) is 1. The first-order valence-electron chi connectivity index (χ1n) is 8.81. The first-order valence-corrected chi connectivity index (χ1v) is 8.81. The summed E-state index contributed by atoms with van der Waals surface area (Å²) in [6.45, 7) is 2.66. The number of urea groups is 1. The number of rotatable bonds is 3. The van der Waals surface area contributed by atoms with Crippen molar-refractivity contribution in [1.82, 2.24) is 10.3 Å². The van der Waals surface area contributed by atoms with E-state index in [2.05, 4.69) is 10.3 Å². The van der Waals surface area contributed by atoms with Crippen molar-refractivity contribution in [3.8, 4) is 17.4 Å². The lowest BCUT2D eigenvalue weighted by molar-refractivity contribution is -0.115. The van der Waals surface area contributed by atoms with Gasteiger partial charge in [-0.25, -0.2) is 9.69 Å². The smallest absolute Gasteiger partial charge is 0.329 e. The fourth-order valence-electron chi connectivity index (χ4n) is 3.74. The Kier molecular flexibility index (Phi) is 3.16. The number of benzene rings is 1. The van der Waals surface area contributed by atoms with Crippen molar-refractivity contribution < 1.29 is 19.1 Å². The Balaban J connectivity index is 1.48. The highest BCUT2D eigenvalue weighted by Crippen LogP contribution is 2.59. The van der Waals surface area contributed by atoms with Crippen LogP contribution < -0.4 is 25.4 Å². The van der Waals surface area contributed by atoms with Crippen LogP contribution in [0.4, 0.5) is 16.3 Å². The molecule has 0 radical (unpaired) electrons. The summed E-state index contributed by atoms with van der Waals surface area (Å²) >= 11 is 0. The minimum absolute atomic E-state index is 0.0475. The molecule has 2 aliphatic heterocycles. The number of imide groups is 1. The van der Waals surface area contributed by atoms with E-state index >= 15 is 0 Å². The molecule has 8 heteroatoms. The summed E-state index contributed by atoms with van der Waals surface area (Å²) in [7, 11) is 0. The van der Waals surface area contributed by atoms with Gasteiger partial charge in [-0.15, -0.1) is 0 Å². The van der Waals surface area contributed by atoms with Crippen LogP contribution in [0.2, 0.25) is 0 Å². The van der Waals surface area contributed by atoms with Gasteiger partial charge in [0.1, 0.15) is 11.5 Å². The molecule has 1 spiro atoms. The second kappa shape index (κ2) is 5.35. The lowest BCUT2D eigenvalue weighted by Gasteiger charge is -2.16. The number of carbonyl (C=O) groups excluding carboxylic acids is 2. The first-order chi connectivity index (χ1) is 13.0. The summed E-state index contributed by atoms with van der Waals surface area (Å²) in [5, 5.41) is 2.46. The number of hydrogen-bond donors (Lipinski definition) is 2. The number of nitrogens with two attached hydrogens (primary N) is 1. The second-order valence-electron chi connectivity index (χ2n) is 7.20. The van der Waals surface area contributed by atoms with Gasteiger partial charge >= 0.3 is 6.03 Å². The molecule has 0 unspecified atom stereocenters. The van der Waals surface area contributed by atoms with E-state index in [9.17, 15) is 9.59 Å². The van der Waals surface area contributed by atoms with Crippen LogP contribution in [-0.4, -0.2) is 30.1 Å². The normalized spacial score (nSPS) is 19.1. The highest BCUT2D eigenvalue weighted by molar-refractivity contribution is 6.20. The number of hydrogen-bond acceptors (Lipinski definition) is 6. The number of nitrogens with zero attached hydrogens (tertiary/aromatic N) is 2. The van der Waals surface area contributed by atoms with E-state index in [1.807, 2.05) is 19.1 Å². The molecule has 1 aliphatic carbocycles. The summed E-state index contributed by atoms with van der Waals surface area (Å²) < 4.78 is 11.9. The minimum Gasteiger partial charge on any atom is -0.492 e. The maximum atomic E-state index is 11.9. The number of ether oxygens (including phenoxy) is 2. The van der Waals surface area contributed by atoms with Crippen molar-refractivity contribution >= 4 is 23.4 Å². The number of pyridine rings is 1. The van der Waals surface area contributed by atoms with Gasteiger partial charge in [-0.3, -0.25) is 4.79 Å². The number of anilines is 2. The van der Waals surface area contributed by atoms with Crippen LogP contribution in [0.1, 0.15) is 24.0 Å². The Bertz CT molecular complexity index is 983. The van der Waals surface area contributed by atoms with Crippen LogP contribution in [0.25, 0.3) is 0 Å². The lowest BCUT2D eigenvalue weighted by atomic mass is 9.95. The molecule has 1 aromatic heterocycles. The lowest BCUT2D eigenvalue weighted by Crippen LogP contribution is -2.31. The fourth-order valence-corrected chi connectivity index (χ4v) is 3.74. The van der Waals surface area contributed by atoms with E-state index in [1.54, 1.807) is 12.1 Å². The molecule has 5 rings (SSSR count). The molecule has 1 saturated carbocycles. The van der Waals surface area contributed by atoms with Gasteiger partial charge in [-0.2, -0.15) is 4.98 Å². The molecule has 3 heterocycles. The number of amides is 3. The Morgan fingerprint density at radius 2 is 2.07 bits per heavy atom. The summed E-state index contributed by atoms with van der Waals surface area (Å²) in [5.74, 6) is 1.59. The van der Waals surface area contributed by atoms with Crippen LogP contribution in [0, 0.1) is 6.92 Å². The van der Waals surface area contributed by atoms with Crippen molar-refractivity contribution in [1.29, 1.82) is 0 Å². The van der Waals surface area contributed by atoms with Gasteiger partial charge in [0.05, 0.1) is 18.8 Å². The largest absolute Gasteiger partial charge is 0.492 e. The number of carbonyl (C=O) groups is 2. The van der Waals surface area contributed by atoms with Gasteiger partial charge in [0.15, 0.2) is 5.82 Å². The van der Waals surface area contributed by atoms with Gasteiger partial charge in [-0.05, 0) is 37.5 Å². The third-order valence-corrected chi connectivity index (χ3v) is 5.37. The monoisotopic (exact) mass is 366 g/mol. The highest BCUT2D eigenvalue weighted by Gasteiger charge is 2.53. The van der Waals surface area contributed by atoms with Crippen LogP contribution in [0.5, 0.6) is 17.4 Å². The van der Waals surface area contributed by atoms with Crippen molar-refractivity contribution in [2.75, 3.05) is 23.8 Å². The average molecular weight is 366 g/mol. The minimum atomic E-state index is -0.508. The van der Waals surface area contributed by atoms with E-state index in [4.69, 9.17) is 15.2 Å². The van der Waals surface area contributed by atoms with E-state index in [1.165, 1.54) is 0 Å². The van der Waals surface area contributed by atoms with Crippen molar-refractivity contribution in [2.45, 2.75) is 25.2 Å². The molecule has 0 bridgehead atoms. The number of nitrogen functional groups attached to an aromatic ring is 1. The molecule has 1 saturated heterocycles. The molecule has 1 aromatic carbocycles. The topological polar surface area (TPSA) is 107 Å². The summed E-state index contributed by atoms with van der Waals surface area (Å²) in [5.41, 5.74) is 8.48. The average Bonchev–Trinajstić information content (AvgIpc) is 3.20. The fraction of sp³-hybridized carbons (Fsp3) is 0.316. The molecule has 27 heavy (non-hydrogen) atoms. The Morgan fingerprint density at radius 1 is 1.26 bits per heavy atom. The van der Waals surface area contributed by atoms with Gasteiger partial charge in [0.2, 0.25) is 5.88 Å². The summed E-state index contributed by atoms with van der Waals surface area (Å²) in [6.07, 6.45) is 2.17. The van der Waals surface area contributed by atoms with Crippen LogP contribution in [0.3, 0.4) is 0 Å². The molecule has 3 aliphatic rings. The van der Waals surface area contributed by atoms with Crippen LogP contribution in [-0.2, 0) is 10.2 Å². The molecule has 8 nitrogen and oxygen atoms in total. The van der Waals surface area contributed by atoms with E-state index in [-0.39, 0.29) is 29.4 Å². The zero-order chi connectivity index (χ0) is 18.8. The third kappa shape index (κ3) is 2.33. The van der Waals surface area contributed by atoms with Gasteiger partial charge in [0, 0.05) is 17.0 Å². The van der Waals surface area contributed by atoms with Crippen molar-refractivity contribution in [3.63, 3.8) is 0 Å². The molecular weight excluding hydrogens is 348 g/mol. The number of aryl methyl sites for hydroxylation is 1. The Hall–Kier alpha value is -3.29. The van der Waals surface area contributed by atoms with E-state index in [0.29, 0.717) is 18.2 Å². The van der Waals surface area contributed by atoms with Gasteiger partial charge < -0.3 is 20.5 Å². The highest BCUT2D eigenvalue weighted by atomic mass is 16.5. The summed E-state index contributed by atoms with van der Waals surface area (Å²) in [6, 6.07) is 6.54. The Labute approximate surface area is 155 Å². The molecule has 138 valence electrons.